The number of aliphatic hydroxyl groups excluding tert-OH is 1. The third kappa shape index (κ3) is 1.71. The molecule has 0 aromatic carbocycles. The molecule has 6 atom stereocenters. The van der Waals surface area contributed by atoms with Crippen LogP contribution in [0.5, 0.6) is 0 Å². The topological polar surface area (TPSA) is 20.2 Å². The van der Waals surface area contributed by atoms with Crippen molar-refractivity contribution >= 4 is 0 Å². The van der Waals surface area contributed by atoms with Crippen LogP contribution in [-0.4, -0.2) is 11.2 Å². The molecule has 0 heterocycles. The van der Waals surface area contributed by atoms with Crippen LogP contribution in [0.4, 0.5) is 0 Å². The Balaban J connectivity index is 1.69. The van der Waals surface area contributed by atoms with E-state index in [1.165, 1.54) is 36.8 Å². The first-order chi connectivity index (χ1) is 10.5. The molecule has 4 aliphatic carbocycles. The lowest BCUT2D eigenvalue weighted by atomic mass is 9.48. The molecule has 0 aliphatic heterocycles. The molecule has 1 N–H and O–H groups in total. The minimum Gasteiger partial charge on any atom is -0.385 e. The highest BCUT2D eigenvalue weighted by Gasteiger charge is 2.56. The fraction of sp³-hybridized carbons (Fsp3) is 0.619. The number of rotatable bonds is 0. The molecule has 0 aromatic heterocycles. The summed E-state index contributed by atoms with van der Waals surface area (Å²) >= 11 is 0. The Morgan fingerprint density at radius 3 is 2.86 bits per heavy atom. The monoisotopic (exact) mass is 294 g/mol. The van der Waals surface area contributed by atoms with E-state index in [-0.39, 0.29) is 16.9 Å². The van der Waals surface area contributed by atoms with Crippen molar-refractivity contribution in [2.75, 3.05) is 0 Å². The van der Waals surface area contributed by atoms with Crippen molar-refractivity contribution in [3.63, 3.8) is 0 Å². The van der Waals surface area contributed by atoms with Gasteiger partial charge in [-0.2, -0.15) is 0 Å². The molecule has 1 nitrogen and oxygen atoms in total. The van der Waals surface area contributed by atoms with Crippen LogP contribution in [0, 0.1) is 40.9 Å². The second-order valence-electron chi connectivity index (χ2n) is 8.19. The van der Waals surface area contributed by atoms with E-state index >= 15 is 0 Å². The van der Waals surface area contributed by atoms with Crippen LogP contribution in [0.15, 0.2) is 35.5 Å². The van der Waals surface area contributed by atoms with Crippen molar-refractivity contribution < 1.29 is 5.11 Å². The van der Waals surface area contributed by atoms with Crippen LogP contribution in [0.3, 0.4) is 0 Å². The number of aliphatic hydroxyl groups is 1. The van der Waals surface area contributed by atoms with Crippen molar-refractivity contribution in [1.82, 2.24) is 0 Å². The first-order valence-electron chi connectivity index (χ1n) is 8.75. The molecule has 22 heavy (non-hydrogen) atoms. The number of allylic oxidation sites excluding steroid dienone is 4. The van der Waals surface area contributed by atoms with Gasteiger partial charge in [-0.25, -0.2) is 0 Å². The van der Waals surface area contributed by atoms with Gasteiger partial charge in [0.2, 0.25) is 0 Å². The summed E-state index contributed by atoms with van der Waals surface area (Å²) < 4.78 is 0. The van der Waals surface area contributed by atoms with Crippen LogP contribution < -0.4 is 0 Å². The zero-order chi connectivity index (χ0) is 15.5. The molecule has 0 spiro atoms. The molecular weight excluding hydrogens is 268 g/mol. The van der Waals surface area contributed by atoms with E-state index in [9.17, 15) is 5.11 Å². The molecule has 2 fully saturated rings. The van der Waals surface area contributed by atoms with E-state index in [1.807, 2.05) is 6.08 Å². The van der Waals surface area contributed by atoms with Crippen LogP contribution in [-0.2, 0) is 0 Å². The highest BCUT2D eigenvalue weighted by Crippen LogP contribution is 2.64. The van der Waals surface area contributed by atoms with Crippen molar-refractivity contribution in [2.45, 2.75) is 52.1 Å². The number of terminal acetylenes is 1. The van der Waals surface area contributed by atoms with Gasteiger partial charge in [-0.3, -0.25) is 0 Å². The van der Waals surface area contributed by atoms with Crippen LogP contribution >= 0.6 is 0 Å². The Labute approximate surface area is 134 Å². The Bertz CT molecular complexity index is 631. The molecule has 0 bridgehead atoms. The average molecular weight is 294 g/mol. The molecule has 1 heteroatoms. The lowest BCUT2D eigenvalue weighted by molar-refractivity contribution is -0.00551. The van der Waals surface area contributed by atoms with Crippen molar-refractivity contribution in [3.8, 4) is 12.3 Å². The Morgan fingerprint density at radius 1 is 1.27 bits per heavy atom. The number of fused-ring (bicyclic) bond motifs is 5. The summed E-state index contributed by atoms with van der Waals surface area (Å²) in [6.07, 6.45) is 20.2. The molecule has 116 valence electrons. The van der Waals surface area contributed by atoms with Gasteiger partial charge in [-0.05, 0) is 49.9 Å². The van der Waals surface area contributed by atoms with E-state index in [0.29, 0.717) is 5.92 Å². The fourth-order valence-corrected chi connectivity index (χ4v) is 6.11. The highest BCUT2D eigenvalue weighted by atomic mass is 16.3. The fourth-order valence-electron chi connectivity index (χ4n) is 6.11. The van der Waals surface area contributed by atoms with Gasteiger partial charge >= 0.3 is 0 Å². The predicted octanol–water partition coefficient (Wildman–Crippen LogP) is 4.26. The van der Waals surface area contributed by atoms with Gasteiger partial charge in [-0.15, -0.1) is 6.42 Å². The Kier molecular flexibility index (Phi) is 3.01. The highest BCUT2D eigenvalue weighted by molar-refractivity contribution is 5.40. The lowest BCUT2D eigenvalue weighted by Crippen LogP contribution is -2.49. The molecule has 0 saturated heterocycles. The lowest BCUT2D eigenvalue weighted by Gasteiger charge is -2.56. The normalized spacial score (nSPS) is 49.4. The van der Waals surface area contributed by atoms with Gasteiger partial charge in [0.1, 0.15) is 0 Å². The van der Waals surface area contributed by atoms with Gasteiger partial charge in [0.05, 0.1) is 6.10 Å². The summed E-state index contributed by atoms with van der Waals surface area (Å²) in [5, 5.41) is 9.92. The molecule has 0 amide bonds. The van der Waals surface area contributed by atoms with Gasteiger partial charge in [0.15, 0.2) is 0 Å². The number of hydrogen-bond donors (Lipinski definition) is 1. The van der Waals surface area contributed by atoms with Gasteiger partial charge < -0.3 is 5.11 Å². The second-order valence-corrected chi connectivity index (χ2v) is 8.19. The van der Waals surface area contributed by atoms with Gasteiger partial charge in [-0.1, -0.05) is 49.6 Å². The predicted molar refractivity (Wildman–Crippen MR) is 89.9 cm³/mol. The minimum atomic E-state index is -0.380. The second kappa shape index (κ2) is 4.62. The summed E-state index contributed by atoms with van der Waals surface area (Å²) in [6, 6.07) is 0. The quantitative estimate of drug-likeness (QED) is 0.523. The third-order valence-corrected chi connectivity index (χ3v) is 7.39. The standard InChI is InChI=1S/C21H26O/c1-4-14-6-8-18-17-7-5-15-13-16(22)9-11-21(15,3)19(17)10-12-20(14,18)2/h1,6,9,11,13,16-19,22H,5,7-8,10,12H2,2-3H3. The summed E-state index contributed by atoms with van der Waals surface area (Å²) in [5.74, 6) is 5.17. The van der Waals surface area contributed by atoms with Gasteiger partial charge in [0, 0.05) is 16.4 Å². The van der Waals surface area contributed by atoms with Gasteiger partial charge in [0.25, 0.3) is 0 Å². The number of hydrogen-bond acceptors (Lipinski definition) is 1. The summed E-state index contributed by atoms with van der Waals surface area (Å²) in [6.45, 7) is 4.80. The molecule has 0 aromatic rings. The summed E-state index contributed by atoms with van der Waals surface area (Å²) in [7, 11) is 0. The third-order valence-electron chi connectivity index (χ3n) is 7.39. The van der Waals surface area contributed by atoms with E-state index in [4.69, 9.17) is 6.42 Å². The van der Waals surface area contributed by atoms with E-state index in [1.54, 1.807) is 0 Å². The maximum Gasteiger partial charge on any atom is 0.0905 e. The van der Waals surface area contributed by atoms with Crippen molar-refractivity contribution in [3.05, 3.63) is 35.5 Å². The maximum atomic E-state index is 9.92. The van der Waals surface area contributed by atoms with E-state index < -0.39 is 0 Å². The summed E-state index contributed by atoms with van der Waals surface area (Å²) in [5.41, 5.74) is 3.13. The zero-order valence-corrected chi connectivity index (χ0v) is 13.7. The van der Waals surface area contributed by atoms with Crippen molar-refractivity contribution in [2.24, 2.45) is 28.6 Å². The first kappa shape index (κ1) is 14.3. The van der Waals surface area contributed by atoms with E-state index in [2.05, 4.69) is 38.0 Å². The van der Waals surface area contributed by atoms with Crippen molar-refractivity contribution in [1.29, 1.82) is 0 Å². The first-order valence-corrected chi connectivity index (χ1v) is 8.75. The maximum absolute atomic E-state index is 9.92. The summed E-state index contributed by atoms with van der Waals surface area (Å²) in [4.78, 5) is 0. The Morgan fingerprint density at radius 2 is 2.09 bits per heavy atom. The van der Waals surface area contributed by atoms with E-state index in [0.717, 1.165) is 18.3 Å². The Hall–Kier alpha value is -1.26. The zero-order valence-electron chi connectivity index (χ0n) is 13.7. The van der Waals surface area contributed by atoms with Crippen LogP contribution in [0.2, 0.25) is 0 Å². The molecule has 4 aliphatic rings. The van der Waals surface area contributed by atoms with Crippen LogP contribution in [0.25, 0.3) is 0 Å². The van der Waals surface area contributed by atoms with Crippen LogP contribution in [0.1, 0.15) is 46.0 Å². The minimum absolute atomic E-state index is 0.155. The molecule has 0 radical (unpaired) electrons. The smallest absolute Gasteiger partial charge is 0.0905 e. The average Bonchev–Trinajstić information content (AvgIpc) is 2.84. The molecule has 4 rings (SSSR count). The molecule has 2 saturated carbocycles. The molecule has 6 unspecified atom stereocenters. The molecular formula is C21H26O. The SMILES string of the molecule is C#CC1=CCC2C3CCC4=CC(O)C=CC4(C)C3CCC12C. The largest absolute Gasteiger partial charge is 0.385 e.